The maximum atomic E-state index is 12.1. The third-order valence-electron chi connectivity index (χ3n) is 3.80. The minimum atomic E-state index is -0.548. The normalized spacial score (nSPS) is 26.9. The lowest BCUT2D eigenvalue weighted by molar-refractivity contribution is -0.0901. The second kappa shape index (κ2) is 8.26. The quantitative estimate of drug-likeness (QED) is 0.610. The van der Waals surface area contributed by atoms with Gasteiger partial charge in [-0.2, -0.15) is 17.7 Å². The highest BCUT2D eigenvalue weighted by atomic mass is 32.1. The molecule has 0 aromatic heterocycles. The van der Waals surface area contributed by atoms with Gasteiger partial charge < -0.3 is 14.4 Å². The van der Waals surface area contributed by atoms with E-state index in [2.05, 4.69) is 25.8 Å². The summed E-state index contributed by atoms with van der Waals surface area (Å²) in [5, 5.41) is 1.27. The molecule has 2 aliphatic rings. The van der Waals surface area contributed by atoms with Crippen molar-refractivity contribution in [3.05, 3.63) is 25.3 Å². The zero-order valence-corrected chi connectivity index (χ0v) is 13.8. The van der Waals surface area contributed by atoms with Crippen LogP contribution in [0.5, 0.6) is 0 Å². The zero-order chi connectivity index (χ0) is 16.8. The molecule has 128 valence electrons. The highest BCUT2D eigenvalue weighted by Gasteiger charge is 2.43. The van der Waals surface area contributed by atoms with Crippen LogP contribution >= 0.6 is 12.6 Å². The molecule has 2 aliphatic heterocycles. The summed E-state index contributed by atoms with van der Waals surface area (Å²) in [6, 6.07) is -0.0768. The van der Waals surface area contributed by atoms with Crippen LogP contribution in [0.25, 0.3) is 0 Å². The third kappa shape index (κ3) is 4.42. The molecule has 0 unspecified atom stereocenters. The number of thiol groups is 1. The van der Waals surface area contributed by atoms with Crippen molar-refractivity contribution in [2.75, 3.05) is 32.9 Å². The molecule has 0 aromatic carbocycles. The highest BCUT2D eigenvalue weighted by molar-refractivity contribution is 7.81. The molecule has 0 bridgehead atoms. The zero-order valence-electron chi connectivity index (χ0n) is 12.9. The number of carbonyl (C=O) groups excluding carboxylic acids is 2. The molecule has 7 nitrogen and oxygen atoms in total. The van der Waals surface area contributed by atoms with Crippen molar-refractivity contribution in [2.24, 2.45) is 5.92 Å². The van der Waals surface area contributed by atoms with Gasteiger partial charge in [-0.3, -0.25) is 4.84 Å². The standard InChI is InChI=1S/C15H22N2O5S/c1-3-5-20-14(18)16-9-12(23)7-13(16)11-8-17(22-10-11)15(19)21-6-4-2/h3-4,11-13,23H,1-2,5-10H2/t11-,12+,13+/m1/s1. The second-order valence-corrected chi connectivity index (χ2v) is 6.19. The first kappa shape index (κ1) is 17.7. The predicted molar refractivity (Wildman–Crippen MR) is 87.1 cm³/mol. The molecule has 23 heavy (non-hydrogen) atoms. The first-order chi connectivity index (χ1) is 11.1. The van der Waals surface area contributed by atoms with Crippen LogP contribution in [0.2, 0.25) is 0 Å². The van der Waals surface area contributed by atoms with Gasteiger partial charge in [0.2, 0.25) is 0 Å². The Morgan fingerprint density at radius 2 is 1.83 bits per heavy atom. The fraction of sp³-hybridized carbons (Fsp3) is 0.600. The molecule has 2 saturated heterocycles. The molecule has 0 saturated carbocycles. The Labute approximate surface area is 141 Å². The van der Waals surface area contributed by atoms with Gasteiger partial charge in [-0.25, -0.2) is 9.59 Å². The van der Waals surface area contributed by atoms with E-state index in [-0.39, 0.29) is 36.5 Å². The van der Waals surface area contributed by atoms with E-state index in [4.69, 9.17) is 14.3 Å². The summed E-state index contributed by atoms with van der Waals surface area (Å²) in [5.74, 6) is -0.000266. The van der Waals surface area contributed by atoms with Crippen LogP contribution < -0.4 is 0 Å². The topological polar surface area (TPSA) is 68.3 Å². The third-order valence-corrected chi connectivity index (χ3v) is 4.17. The van der Waals surface area contributed by atoms with Crippen LogP contribution in [-0.4, -0.2) is 66.4 Å². The summed E-state index contributed by atoms with van der Waals surface area (Å²) in [7, 11) is 0. The van der Waals surface area contributed by atoms with Gasteiger partial charge in [0.25, 0.3) is 0 Å². The Morgan fingerprint density at radius 1 is 1.17 bits per heavy atom. The first-order valence-corrected chi connectivity index (χ1v) is 7.99. The van der Waals surface area contributed by atoms with E-state index in [1.807, 2.05) is 0 Å². The maximum Gasteiger partial charge on any atom is 0.434 e. The molecule has 2 heterocycles. The Bertz CT molecular complexity index is 473. The van der Waals surface area contributed by atoms with Crippen molar-refractivity contribution in [2.45, 2.75) is 17.7 Å². The van der Waals surface area contributed by atoms with Gasteiger partial charge in [0, 0.05) is 23.8 Å². The van der Waals surface area contributed by atoms with Crippen molar-refractivity contribution < 1.29 is 23.9 Å². The summed E-state index contributed by atoms with van der Waals surface area (Å²) in [5.41, 5.74) is 0. The molecular formula is C15H22N2O5S. The van der Waals surface area contributed by atoms with Crippen LogP contribution in [0.15, 0.2) is 25.3 Å². The SMILES string of the molecule is C=CCOC(=O)N1C[C@@H]([C@@H]2C[C@H](S)CN2C(=O)OCC=C)CO1. The highest BCUT2D eigenvalue weighted by Crippen LogP contribution is 2.31. The van der Waals surface area contributed by atoms with Crippen molar-refractivity contribution in [3.8, 4) is 0 Å². The summed E-state index contributed by atoms with van der Waals surface area (Å²) in [4.78, 5) is 31.0. The molecule has 0 radical (unpaired) electrons. The van der Waals surface area contributed by atoms with Crippen molar-refractivity contribution >= 4 is 24.8 Å². The Morgan fingerprint density at radius 3 is 2.48 bits per heavy atom. The fourth-order valence-corrected chi connectivity index (χ4v) is 3.17. The number of amides is 2. The Hall–Kier alpha value is -1.67. The van der Waals surface area contributed by atoms with Crippen molar-refractivity contribution in [1.82, 2.24) is 9.96 Å². The van der Waals surface area contributed by atoms with Gasteiger partial charge in [0.1, 0.15) is 13.2 Å². The van der Waals surface area contributed by atoms with Crippen LogP contribution in [0.3, 0.4) is 0 Å². The number of ether oxygens (including phenoxy) is 2. The van der Waals surface area contributed by atoms with Gasteiger partial charge in [-0.05, 0) is 6.42 Å². The average molecular weight is 342 g/mol. The summed E-state index contributed by atoms with van der Waals surface area (Å²) < 4.78 is 10.1. The number of hydrogen-bond donors (Lipinski definition) is 1. The molecule has 2 amide bonds. The van der Waals surface area contributed by atoms with Gasteiger partial charge in [0.15, 0.2) is 0 Å². The largest absolute Gasteiger partial charge is 0.445 e. The van der Waals surface area contributed by atoms with Gasteiger partial charge in [-0.15, -0.1) is 0 Å². The van der Waals surface area contributed by atoms with Crippen LogP contribution in [0.1, 0.15) is 6.42 Å². The van der Waals surface area contributed by atoms with Crippen LogP contribution in [-0.2, 0) is 14.3 Å². The summed E-state index contributed by atoms with van der Waals surface area (Å²) in [6.45, 7) is 8.54. The summed E-state index contributed by atoms with van der Waals surface area (Å²) >= 11 is 4.47. The van der Waals surface area contributed by atoms with Gasteiger partial charge >= 0.3 is 12.2 Å². The number of likely N-dealkylation sites (tertiary alicyclic amines) is 1. The molecule has 0 aliphatic carbocycles. The molecule has 0 aromatic rings. The fourth-order valence-electron chi connectivity index (χ4n) is 2.78. The monoisotopic (exact) mass is 342 g/mol. The average Bonchev–Trinajstić information content (AvgIpc) is 3.16. The minimum Gasteiger partial charge on any atom is -0.445 e. The number of rotatable bonds is 5. The van der Waals surface area contributed by atoms with Gasteiger partial charge in [-0.1, -0.05) is 25.3 Å². The van der Waals surface area contributed by atoms with E-state index in [1.54, 1.807) is 4.90 Å². The lowest BCUT2D eigenvalue weighted by Crippen LogP contribution is -2.42. The first-order valence-electron chi connectivity index (χ1n) is 7.47. The Kier molecular flexibility index (Phi) is 6.35. The molecule has 8 heteroatoms. The van der Waals surface area contributed by atoms with Crippen molar-refractivity contribution in [1.29, 1.82) is 0 Å². The predicted octanol–water partition coefficient (Wildman–Crippen LogP) is 1.87. The molecule has 3 atom stereocenters. The minimum absolute atomic E-state index is 0.000266. The molecule has 2 fully saturated rings. The second-order valence-electron chi connectivity index (χ2n) is 5.46. The van der Waals surface area contributed by atoms with E-state index in [1.165, 1.54) is 17.2 Å². The van der Waals surface area contributed by atoms with E-state index >= 15 is 0 Å². The van der Waals surface area contributed by atoms with Crippen LogP contribution in [0.4, 0.5) is 9.59 Å². The van der Waals surface area contributed by atoms with Crippen molar-refractivity contribution in [3.63, 3.8) is 0 Å². The smallest absolute Gasteiger partial charge is 0.434 e. The lowest BCUT2D eigenvalue weighted by atomic mass is 9.99. The molecule has 0 N–H and O–H groups in total. The number of carbonyl (C=O) groups is 2. The number of hydroxylamine groups is 2. The summed E-state index contributed by atoms with van der Waals surface area (Å²) in [6.07, 6.45) is 2.81. The molecular weight excluding hydrogens is 320 g/mol. The molecule has 0 spiro atoms. The van der Waals surface area contributed by atoms with E-state index < -0.39 is 6.09 Å². The van der Waals surface area contributed by atoms with Gasteiger partial charge in [0.05, 0.1) is 13.2 Å². The maximum absolute atomic E-state index is 12.1. The van der Waals surface area contributed by atoms with Crippen LogP contribution in [0, 0.1) is 5.92 Å². The Balaban J connectivity index is 1.94. The molecule has 2 rings (SSSR count). The van der Waals surface area contributed by atoms with E-state index in [9.17, 15) is 9.59 Å². The van der Waals surface area contributed by atoms with E-state index in [0.717, 1.165) is 6.42 Å². The van der Waals surface area contributed by atoms with E-state index in [0.29, 0.717) is 19.7 Å². The number of hydrogen-bond acceptors (Lipinski definition) is 6. The number of nitrogens with zero attached hydrogens (tertiary/aromatic N) is 2. The lowest BCUT2D eigenvalue weighted by Gasteiger charge is -2.27.